The van der Waals surface area contributed by atoms with Gasteiger partial charge >= 0.3 is 149 Å². The van der Waals surface area contributed by atoms with Crippen molar-refractivity contribution in [3.8, 4) is 24.7 Å². The molecule has 0 aromatic rings. The van der Waals surface area contributed by atoms with Crippen LogP contribution in [0.25, 0.3) is 0 Å². The molecule has 0 unspecified atom stereocenters. The van der Waals surface area contributed by atoms with E-state index in [1.54, 1.807) is 0 Å². The van der Waals surface area contributed by atoms with Gasteiger partial charge in [-0.05, 0) is 0 Å². The van der Waals surface area contributed by atoms with Crippen LogP contribution in [0.4, 0.5) is 0 Å². The van der Waals surface area contributed by atoms with E-state index in [0.29, 0.717) is 0 Å². The monoisotopic (exact) mass is 394 g/mol. The first-order valence-electron chi connectivity index (χ1n) is 8.33. The molecular formula is C19H19ClO4Ti. The molecule has 0 saturated carbocycles. The van der Waals surface area contributed by atoms with Gasteiger partial charge in [0.25, 0.3) is 0 Å². The van der Waals surface area contributed by atoms with Crippen molar-refractivity contribution in [2.45, 2.75) is 55.6 Å². The number of carbonyl (C=O) groups is 2. The number of halogens is 1. The van der Waals surface area contributed by atoms with E-state index in [9.17, 15) is 9.59 Å². The Morgan fingerprint density at radius 3 is 1.64 bits per heavy atom. The maximum atomic E-state index is 11.7. The molecule has 3 aliphatic carbocycles. The molecule has 0 saturated heterocycles. The third kappa shape index (κ3) is 4.04. The molecule has 0 amide bonds. The van der Waals surface area contributed by atoms with E-state index in [4.69, 9.17) is 19.5 Å². The number of allylic oxidation sites excluding steroid dienone is 4. The quantitative estimate of drug-likeness (QED) is 0.511. The van der Waals surface area contributed by atoms with E-state index in [1.807, 2.05) is 11.8 Å². The normalized spacial score (nSPS) is 19.0. The van der Waals surface area contributed by atoms with Crippen LogP contribution in [0.2, 0.25) is 4.22 Å². The molecule has 25 heavy (non-hydrogen) atoms. The first-order valence-corrected chi connectivity index (χ1v) is 10.5. The molecule has 6 heteroatoms. The van der Waals surface area contributed by atoms with Crippen molar-refractivity contribution < 1.29 is 47.3 Å². The molecule has 0 fully saturated rings. The largest absolute Gasteiger partial charge is 1.00 e. The van der Waals surface area contributed by atoms with Crippen molar-refractivity contribution in [3.63, 3.8) is 0 Å². The van der Waals surface area contributed by atoms with Crippen LogP contribution >= 0.6 is 0 Å². The molecule has 3 aliphatic rings. The van der Waals surface area contributed by atoms with Gasteiger partial charge in [0.2, 0.25) is 0 Å². The standard InChI is InChI=1S/C13H17.2C3H2O2.ClH.Ti/c1-3-7-12-10(5-1)9-11-6-2-4-8-13(11)12;2*1-2-3(4)5;;/h9H,1-8H2;2*1H,(H,4,5);1H;/q;;;;+3/p-3. The van der Waals surface area contributed by atoms with E-state index < -0.39 is 30.6 Å². The van der Waals surface area contributed by atoms with Crippen molar-refractivity contribution in [2.24, 2.45) is 0 Å². The summed E-state index contributed by atoms with van der Waals surface area (Å²) >= 11 is -3.06. The molecule has 0 bridgehead atoms. The Bertz CT molecular complexity index is 663. The molecule has 0 N–H and O–H groups in total. The third-order valence-corrected chi connectivity index (χ3v) is 7.97. The summed E-state index contributed by atoms with van der Waals surface area (Å²) in [5.74, 6) is 2.39. The predicted octanol–water partition coefficient (Wildman–Crippen LogP) is 0.335. The van der Waals surface area contributed by atoms with Crippen LogP contribution in [0.5, 0.6) is 0 Å². The van der Waals surface area contributed by atoms with Crippen LogP contribution in [0.1, 0.15) is 51.4 Å². The molecule has 3 rings (SSSR count). The average molecular weight is 395 g/mol. The topological polar surface area (TPSA) is 52.6 Å². The van der Waals surface area contributed by atoms with Crippen LogP contribution in [-0.4, -0.2) is 11.9 Å². The Labute approximate surface area is 161 Å². The number of rotatable bonds is 3. The summed E-state index contributed by atoms with van der Waals surface area (Å²) in [6.45, 7) is 0. The van der Waals surface area contributed by atoms with Gasteiger partial charge < -0.3 is 12.4 Å². The Morgan fingerprint density at radius 1 is 0.840 bits per heavy atom. The number of hydrogen-bond acceptors (Lipinski definition) is 4. The van der Waals surface area contributed by atoms with Gasteiger partial charge in [0, 0.05) is 0 Å². The second-order valence-electron chi connectivity index (χ2n) is 6.24. The number of carbonyl (C=O) groups excluding carboxylic acids is 2. The van der Waals surface area contributed by atoms with Crippen LogP contribution in [-0.2, 0) is 34.9 Å². The summed E-state index contributed by atoms with van der Waals surface area (Å²) in [5, 5.41) is 0. The van der Waals surface area contributed by atoms with Gasteiger partial charge in [0.15, 0.2) is 0 Å². The maximum absolute atomic E-state index is 11.7. The number of fused-ring (bicyclic) bond motifs is 1. The fraction of sp³-hybridized carbons (Fsp3) is 0.474. The van der Waals surface area contributed by atoms with Crippen LogP contribution in [0, 0.1) is 24.7 Å². The molecule has 0 atom stereocenters. The van der Waals surface area contributed by atoms with E-state index >= 15 is 0 Å². The summed E-state index contributed by atoms with van der Waals surface area (Å²) in [5.41, 5.74) is 5.49. The van der Waals surface area contributed by atoms with Gasteiger partial charge in [-0.25, -0.2) is 0 Å². The Kier molecular flexibility index (Phi) is 6.97. The van der Waals surface area contributed by atoms with Gasteiger partial charge in [0.05, 0.1) is 0 Å². The zero-order valence-corrected chi connectivity index (χ0v) is 16.2. The second kappa shape index (κ2) is 8.77. The first kappa shape index (κ1) is 19.9. The van der Waals surface area contributed by atoms with Crippen LogP contribution < -0.4 is 12.4 Å². The van der Waals surface area contributed by atoms with Crippen molar-refractivity contribution in [1.82, 2.24) is 0 Å². The summed E-state index contributed by atoms with van der Waals surface area (Å²) in [7, 11) is 0. The van der Waals surface area contributed by atoms with Crippen molar-refractivity contribution in [1.29, 1.82) is 0 Å². The molecule has 0 radical (unpaired) electrons. The second-order valence-corrected chi connectivity index (χ2v) is 8.78. The number of hydrogen-bond donors (Lipinski definition) is 0. The number of terminal acetylenes is 2. The minimum absolute atomic E-state index is 0. The molecule has 4 nitrogen and oxygen atoms in total. The molecule has 0 aromatic heterocycles. The van der Waals surface area contributed by atoms with Crippen molar-refractivity contribution in [3.05, 3.63) is 22.3 Å². The minimum Gasteiger partial charge on any atom is -1.00 e. The van der Waals surface area contributed by atoms with Crippen LogP contribution in [0.15, 0.2) is 22.3 Å². The molecular weight excluding hydrogens is 376 g/mol. The average Bonchev–Trinajstić information content (AvgIpc) is 2.95. The van der Waals surface area contributed by atoms with Gasteiger partial charge in [0.1, 0.15) is 0 Å². The van der Waals surface area contributed by atoms with E-state index in [-0.39, 0.29) is 16.6 Å². The Balaban J connectivity index is 0.00000225. The maximum Gasteiger partial charge on any atom is -1.00 e. The molecule has 0 aromatic carbocycles. The molecule has 0 heterocycles. The smallest absolute Gasteiger partial charge is 1.00 e. The van der Waals surface area contributed by atoms with Gasteiger partial charge in [-0.15, -0.1) is 0 Å². The van der Waals surface area contributed by atoms with Crippen molar-refractivity contribution in [2.75, 3.05) is 0 Å². The van der Waals surface area contributed by atoms with Crippen molar-refractivity contribution >= 4 is 11.9 Å². The van der Waals surface area contributed by atoms with Gasteiger partial charge in [-0.3, -0.25) is 0 Å². The summed E-state index contributed by atoms with van der Waals surface area (Å²) in [6.07, 6.45) is 19.0. The first-order chi connectivity index (χ1) is 11.7. The fourth-order valence-corrected chi connectivity index (χ4v) is 7.13. The SMILES string of the molecule is C#CC(=O)[O][Ti+]([O]C(=O)C#C)[CH]1C2=C(CCCC2)C2=C1CCCC2.[Cl-]. The van der Waals surface area contributed by atoms with E-state index in [2.05, 4.69) is 0 Å². The van der Waals surface area contributed by atoms with Crippen LogP contribution in [0.3, 0.4) is 0 Å². The summed E-state index contributed by atoms with van der Waals surface area (Å²) in [4.78, 5) is 23.4. The zero-order chi connectivity index (χ0) is 17.1. The van der Waals surface area contributed by atoms with Gasteiger partial charge in [-0.1, -0.05) is 0 Å². The summed E-state index contributed by atoms with van der Waals surface area (Å²) < 4.78 is 10.8. The predicted molar refractivity (Wildman–Crippen MR) is 84.6 cm³/mol. The fourth-order valence-electron chi connectivity index (χ4n) is 4.06. The summed E-state index contributed by atoms with van der Waals surface area (Å²) in [6, 6.07) is 0. The Hall–Kier alpha value is -1.46. The third-order valence-electron chi connectivity index (χ3n) is 4.94. The zero-order valence-electron chi connectivity index (χ0n) is 13.9. The minimum atomic E-state index is -3.06. The van der Waals surface area contributed by atoms with E-state index in [1.165, 1.54) is 35.1 Å². The molecule has 0 aliphatic heterocycles. The molecule has 130 valence electrons. The van der Waals surface area contributed by atoms with Gasteiger partial charge in [-0.2, -0.15) is 0 Å². The van der Waals surface area contributed by atoms with E-state index in [0.717, 1.165) is 38.5 Å². The molecule has 0 spiro atoms. The Morgan fingerprint density at radius 2 is 1.24 bits per heavy atom.